The van der Waals surface area contributed by atoms with E-state index < -0.39 is 5.91 Å². The number of benzene rings is 1. The summed E-state index contributed by atoms with van der Waals surface area (Å²) in [7, 11) is 0. The van der Waals surface area contributed by atoms with Gasteiger partial charge in [0.15, 0.2) is 17.3 Å². The van der Waals surface area contributed by atoms with Crippen molar-refractivity contribution in [1.29, 1.82) is 0 Å². The third-order valence-electron chi connectivity index (χ3n) is 3.91. The highest BCUT2D eigenvalue weighted by atomic mass is 16.6. The Morgan fingerprint density at radius 2 is 1.93 bits per heavy atom. The number of hydrogen-bond acceptors (Lipinski definition) is 7. The number of amides is 2. The maximum atomic E-state index is 12.1. The van der Waals surface area contributed by atoms with Gasteiger partial charge in [0.05, 0.1) is 0 Å². The predicted octanol–water partition coefficient (Wildman–Crippen LogP) is 1.75. The molecule has 2 aromatic rings. The topological polar surface area (TPSA) is 116 Å². The minimum absolute atomic E-state index is 0.196. The van der Waals surface area contributed by atoms with E-state index in [1.807, 2.05) is 13.8 Å². The number of nitrogens with zero attached hydrogens (tertiary/aromatic N) is 2. The fraction of sp³-hybridized carbons (Fsp3) is 0.444. The molecule has 2 N–H and O–H groups in total. The largest absolute Gasteiger partial charge is 0.486 e. The van der Waals surface area contributed by atoms with E-state index in [0.29, 0.717) is 54.8 Å². The molecule has 0 spiro atoms. The molecular formula is C18H22N4O5. The van der Waals surface area contributed by atoms with Gasteiger partial charge in [0.25, 0.3) is 5.91 Å². The van der Waals surface area contributed by atoms with E-state index in [0.717, 1.165) is 0 Å². The molecular weight excluding hydrogens is 352 g/mol. The quantitative estimate of drug-likeness (QED) is 0.740. The van der Waals surface area contributed by atoms with Crippen LogP contribution in [0.15, 0.2) is 22.7 Å². The zero-order valence-corrected chi connectivity index (χ0v) is 15.3. The number of fused-ring (bicyclic) bond motifs is 1. The van der Waals surface area contributed by atoms with Gasteiger partial charge in [-0.25, -0.2) is 0 Å². The van der Waals surface area contributed by atoms with Crippen LogP contribution in [-0.4, -0.2) is 35.2 Å². The number of carbonyl (C=O) groups is 2. The first-order valence-electron chi connectivity index (χ1n) is 8.84. The van der Waals surface area contributed by atoms with Crippen LogP contribution in [0.3, 0.4) is 0 Å². The Hall–Kier alpha value is -3.10. The van der Waals surface area contributed by atoms with Crippen molar-refractivity contribution in [3.05, 3.63) is 35.5 Å². The highest BCUT2D eigenvalue weighted by molar-refractivity contribution is 5.96. The highest BCUT2D eigenvalue weighted by Gasteiger charge is 2.15. The molecule has 0 aliphatic carbocycles. The molecule has 2 heterocycles. The highest BCUT2D eigenvalue weighted by Crippen LogP contribution is 2.30. The minimum Gasteiger partial charge on any atom is -0.486 e. The van der Waals surface area contributed by atoms with Gasteiger partial charge in [-0.2, -0.15) is 4.98 Å². The van der Waals surface area contributed by atoms with Crippen LogP contribution in [0.5, 0.6) is 11.5 Å². The van der Waals surface area contributed by atoms with E-state index in [1.165, 1.54) is 0 Å². The van der Waals surface area contributed by atoms with Gasteiger partial charge in [-0.15, -0.1) is 0 Å². The van der Waals surface area contributed by atoms with Crippen LogP contribution in [0.1, 0.15) is 54.7 Å². The Balaban J connectivity index is 1.41. The summed E-state index contributed by atoms with van der Waals surface area (Å²) in [4.78, 5) is 28.3. The summed E-state index contributed by atoms with van der Waals surface area (Å²) in [5, 5.41) is 3.87. The number of aryl methyl sites for hydroxylation is 1. The SMILES string of the molecule is CC(C)c1noc(CCCC(=O)NNC(=O)c2ccc3c(c2)OCCO3)n1. The number of nitrogens with one attached hydrogen (secondary N) is 2. The Morgan fingerprint density at radius 3 is 2.67 bits per heavy atom. The second-order valence-electron chi connectivity index (χ2n) is 6.42. The fourth-order valence-corrected chi connectivity index (χ4v) is 2.45. The van der Waals surface area contributed by atoms with E-state index in [9.17, 15) is 9.59 Å². The van der Waals surface area contributed by atoms with Crippen LogP contribution in [0.25, 0.3) is 0 Å². The maximum Gasteiger partial charge on any atom is 0.269 e. The number of ether oxygens (including phenoxy) is 2. The summed E-state index contributed by atoms with van der Waals surface area (Å²) in [5.74, 6) is 1.74. The zero-order valence-electron chi connectivity index (χ0n) is 15.3. The summed E-state index contributed by atoms with van der Waals surface area (Å²) >= 11 is 0. The summed E-state index contributed by atoms with van der Waals surface area (Å²) in [6, 6.07) is 4.86. The zero-order chi connectivity index (χ0) is 19.2. The molecule has 27 heavy (non-hydrogen) atoms. The molecule has 9 heteroatoms. The molecule has 1 aliphatic heterocycles. The Kier molecular flexibility index (Phi) is 5.90. The normalized spacial score (nSPS) is 12.7. The molecule has 9 nitrogen and oxygen atoms in total. The summed E-state index contributed by atoms with van der Waals surface area (Å²) in [6.45, 7) is 4.88. The number of aromatic nitrogens is 2. The predicted molar refractivity (Wildman–Crippen MR) is 94.4 cm³/mol. The van der Waals surface area contributed by atoms with Gasteiger partial charge < -0.3 is 14.0 Å². The molecule has 0 saturated carbocycles. The van der Waals surface area contributed by atoms with Crippen LogP contribution in [0.2, 0.25) is 0 Å². The lowest BCUT2D eigenvalue weighted by atomic mass is 10.2. The molecule has 0 unspecified atom stereocenters. The lowest BCUT2D eigenvalue weighted by molar-refractivity contribution is -0.121. The Labute approximate surface area is 156 Å². The van der Waals surface area contributed by atoms with E-state index in [2.05, 4.69) is 21.0 Å². The van der Waals surface area contributed by atoms with Crippen molar-refractivity contribution in [2.24, 2.45) is 0 Å². The number of hydrazine groups is 1. The van der Waals surface area contributed by atoms with Crippen molar-refractivity contribution in [2.75, 3.05) is 13.2 Å². The molecule has 1 aromatic carbocycles. The van der Waals surface area contributed by atoms with E-state index in [1.54, 1.807) is 18.2 Å². The fourth-order valence-electron chi connectivity index (χ4n) is 2.45. The first-order valence-corrected chi connectivity index (χ1v) is 8.84. The van der Waals surface area contributed by atoms with Crippen molar-refractivity contribution < 1.29 is 23.6 Å². The maximum absolute atomic E-state index is 12.1. The molecule has 3 rings (SSSR count). The number of carbonyl (C=O) groups excluding carboxylic acids is 2. The lowest BCUT2D eigenvalue weighted by Gasteiger charge is -2.18. The van der Waals surface area contributed by atoms with Gasteiger partial charge in [-0.1, -0.05) is 19.0 Å². The Bertz CT molecular complexity index is 818. The minimum atomic E-state index is -0.432. The van der Waals surface area contributed by atoms with Crippen molar-refractivity contribution >= 4 is 11.8 Å². The van der Waals surface area contributed by atoms with Crippen molar-refractivity contribution in [3.63, 3.8) is 0 Å². The monoisotopic (exact) mass is 374 g/mol. The molecule has 0 atom stereocenters. The van der Waals surface area contributed by atoms with Crippen LogP contribution in [-0.2, 0) is 11.2 Å². The molecule has 2 amide bonds. The average molecular weight is 374 g/mol. The molecule has 1 aromatic heterocycles. The van der Waals surface area contributed by atoms with Crippen molar-refractivity contribution in [3.8, 4) is 11.5 Å². The Morgan fingerprint density at radius 1 is 1.15 bits per heavy atom. The van der Waals surface area contributed by atoms with Crippen LogP contribution >= 0.6 is 0 Å². The second-order valence-corrected chi connectivity index (χ2v) is 6.42. The van der Waals surface area contributed by atoms with Gasteiger partial charge >= 0.3 is 0 Å². The number of rotatable bonds is 6. The first kappa shape index (κ1) is 18.7. The summed E-state index contributed by atoms with van der Waals surface area (Å²) < 4.78 is 16.0. The van der Waals surface area contributed by atoms with Crippen LogP contribution in [0, 0.1) is 0 Å². The van der Waals surface area contributed by atoms with Crippen LogP contribution < -0.4 is 20.3 Å². The van der Waals surface area contributed by atoms with Gasteiger partial charge in [0.2, 0.25) is 11.8 Å². The van der Waals surface area contributed by atoms with Gasteiger partial charge in [-0.3, -0.25) is 20.4 Å². The number of hydrogen-bond donors (Lipinski definition) is 2. The molecule has 1 aliphatic rings. The standard InChI is InChI=1S/C18H22N4O5/c1-11(2)17-19-16(27-22-17)5-3-4-15(23)20-21-18(24)12-6-7-13-14(10-12)26-9-8-25-13/h6-7,10-11H,3-5,8-9H2,1-2H3,(H,20,23)(H,21,24). The van der Waals surface area contributed by atoms with Gasteiger partial charge in [0, 0.05) is 24.3 Å². The average Bonchev–Trinajstić information content (AvgIpc) is 3.15. The molecule has 0 radical (unpaired) electrons. The van der Waals surface area contributed by atoms with Gasteiger partial charge in [-0.05, 0) is 24.6 Å². The third-order valence-corrected chi connectivity index (χ3v) is 3.91. The van der Waals surface area contributed by atoms with E-state index in [4.69, 9.17) is 14.0 Å². The smallest absolute Gasteiger partial charge is 0.269 e. The van der Waals surface area contributed by atoms with E-state index in [-0.39, 0.29) is 18.2 Å². The summed E-state index contributed by atoms with van der Waals surface area (Å²) in [6.07, 6.45) is 1.26. The molecule has 0 fully saturated rings. The van der Waals surface area contributed by atoms with Crippen molar-refractivity contribution in [2.45, 2.75) is 39.0 Å². The first-order chi connectivity index (χ1) is 13.0. The van der Waals surface area contributed by atoms with E-state index >= 15 is 0 Å². The van der Waals surface area contributed by atoms with Crippen molar-refractivity contribution in [1.82, 2.24) is 21.0 Å². The molecule has 0 bridgehead atoms. The second kappa shape index (κ2) is 8.52. The van der Waals surface area contributed by atoms with Gasteiger partial charge in [0.1, 0.15) is 13.2 Å². The summed E-state index contributed by atoms with van der Waals surface area (Å²) in [5.41, 5.74) is 5.15. The third kappa shape index (κ3) is 4.96. The van der Waals surface area contributed by atoms with Crippen LogP contribution in [0.4, 0.5) is 0 Å². The molecule has 0 saturated heterocycles. The lowest BCUT2D eigenvalue weighted by Crippen LogP contribution is -2.41. The molecule has 144 valence electrons.